The first kappa shape index (κ1) is 22.8. The molecule has 0 radical (unpaired) electrons. The molecule has 1 atom stereocenters. The van der Waals surface area contributed by atoms with Gasteiger partial charge in [0.25, 0.3) is 5.91 Å². The third-order valence-corrected chi connectivity index (χ3v) is 8.54. The minimum atomic E-state index is -0.264. The Morgan fingerprint density at radius 3 is 2.59 bits per heavy atom. The predicted molar refractivity (Wildman–Crippen MR) is 131 cm³/mol. The number of piperidine rings is 1. The van der Waals surface area contributed by atoms with E-state index in [0.717, 1.165) is 25.2 Å². The highest BCUT2D eigenvalue weighted by molar-refractivity contribution is 8.16. The van der Waals surface area contributed by atoms with Crippen molar-refractivity contribution in [3.8, 4) is 5.75 Å². The summed E-state index contributed by atoms with van der Waals surface area (Å²) >= 11 is 3.96. The standard InChI is InChI=1S/C23H28N4O3S2/c24-22(29)17-3-1-10-27(14-17)20-9-6-18(13-25-20)26-21(28)15-30-19-7-4-16(5-8-19)23-31-11-2-12-32-23/h4-9,13,17,23H,1-3,10-12,14-15H2,(H2,24,29)(H,26,28). The van der Waals surface area contributed by atoms with Crippen LogP contribution in [-0.2, 0) is 9.59 Å². The maximum absolute atomic E-state index is 12.3. The van der Waals surface area contributed by atoms with Gasteiger partial charge in [-0.1, -0.05) is 12.1 Å². The molecule has 2 aliphatic rings. The van der Waals surface area contributed by atoms with Crippen molar-refractivity contribution in [1.82, 2.24) is 4.98 Å². The zero-order valence-electron chi connectivity index (χ0n) is 17.9. The minimum absolute atomic E-state index is 0.0690. The second-order valence-electron chi connectivity index (χ2n) is 7.93. The second-order valence-corrected chi connectivity index (χ2v) is 10.6. The largest absolute Gasteiger partial charge is 0.484 e. The molecule has 4 rings (SSSR count). The molecule has 0 bridgehead atoms. The first-order chi connectivity index (χ1) is 15.6. The van der Waals surface area contributed by atoms with Crippen LogP contribution >= 0.6 is 23.5 Å². The van der Waals surface area contributed by atoms with E-state index in [-0.39, 0.29) is 24.3 Å². The average molecular weight is 473 g/mol. The maximum Gasteiger partial charge on any atom is 0.262 e. The third kappa shape index (κ3) is 6.10. The number of amides is 2. The van der Waals surface area contributed by atoms with Crippen LogP contribution < -0.4 is 20.7 Å². The first-order valence-electron chi connectivity index (χ1n) is 10.8. The molecule has 0 saturated carbocycles. The van der Waals surface area contributed by atoms with Crippen molar-refractivity contribution in [3.05, 3.63) is 48.2 Å². The van der Waals surface area contributed by atoms with Crippen LogP contribution in [0.25, 0.3) is 0 Å². The zero-order chi connectivity index (χ0) is 22.3. The van der Waals surface area contributed by atoms with E-state index in [0.29, 0.717) is 22.6 Å². The summed E-state index contributed by atoms with van der Waals surface area (Å²) in [7, 11) is 0. The Labute approximate surface area is 196 Å². The predicted octanol–water partition coefficient (Wildman–Crippen LogP) is 3.67. The van der Waals surface area contributed by atoms with Crippen LogP contribution in [0.2, 0.25) is 0 Å². The van der Waals surface area contributed by atoms with Crippen molar-refractivity contribution in [3.63, 3.8) is 0 Å². The fourth-order valence-corrected chi connectivity index (χ4v) is 6.71. The lowest BCUT2D eigenvalue weighted by molar-refractivity contribution is -0.122. The molecule has 170 valence electrons. The summed E-state index contributed by atoms with van der Waals surface area (Å²) in [5.41, 5.74) is 7.35. The number of rotatable bonds is 7. The van der Waals surface area contributed by atoms with Gasteiger partial charge in [0.1, 0.15) is 11.6 Å². The molecule has 2 saturated heterocycles. The van der Waals surface area contributed by atoms with Gasteiger partial charge < -0.3 is 20.7 Å². The van der Waals surface area contributed by atoms with E-state index in [2.05, 4.69) is 27.3 Å². The molecule has 2 amide bonds. The second kappa shape index (κ2) is 11.0. The van der Waals surface area contributed by atoms with Crippen molar-refractivity contribution in [2.75, 3.05) is 41.4 Å². The molecule has 1 aromatic heterocycles. The van der Waals surface area contributed by atoms with E-state index in [9.17, 15) is 9.59 Å². The number of pyridine rings is 1. The smallest absolute Gasteiger partial charge is 0.262 e. The van der Waals surface area contributed by atoms with Gasteiger partial charge in [0, 0.05) is 13.1 Å². The number of carbonyl (C=O) groups excluding carboxylic acids is 2. The van der Waals surface area contributed by atoms with E-state index < -0.39 is 0 Å². The summed E-state index contributed by atoms with van der Waals surface area (Å²) in [6.45, 7) is 1.35. The molecule has 1 unspecified atom stereocenters. The Morgan fingerprint density at radius 2 is 1.91 bits per heavy atom. The Hall–Kier alpha value is -2.39. The van der Waals surface area contributed by atoms with Gasteiger partial charge in [-0.3, -0.25) is 9.59 Å². The third-order valence-electron chi connectivity index (χ3n) is 5.53. The normalized spacial score (nSPS) is 19.4. The van der Waals surface area contributed by atoms with Crippen molar-refractivity contribution < 1.29 is 14.3 Å². The number of ether oxygens (including phenoxy) is 1. The number of anilines is 2. The Bertz CT molecular complexity index is 918. The molecule has 0 spiro atoms. The number of thioether (sulfide) groups is 2. The van der Waals surface area contributed by atoms with Gasteiger partial charge in [-0.15, -0.1) is 23.5 Å². The summed E-state index contributed by atoms with van der Waals surface area (Å²) < 4.78 is 6.13. The van der Waals surface area contributed by atoms with Crippen molar-refractivity contribution in [1.29, 1.82) is 0 Å². The van der Waals surface area contributed by atoms with Crippen LogP contribution in [0.1, 0.15) is 29.4 Å². The highest BCUT2D eigenvalue weighted by Crippen LogP contribution is 2.43. The Morgan fingerprint density at radius 1 is 1.12 bits per heavy atom. The number of benzene rings is 1. The highest BCUT2D eigenvalue weighted by atomic mass is 32.2. The lowest BCUT2D eigenvalue weighted by Crippen LogP contribution is -2.41. The van der Waals surface area contributed by atoms with Gasteiger partial charge in [0.15, 0.2) is 6.61 Å². The number of hydrogen-bond acceptors (Lipinski definition) is 7. The lowest BCUT2D eigenvalue weighted by atomic mass is 9.97. The van der Waals surface area contributed by atoms with E-state index in [4.69, 9.17) is 10.5 Å². The minimum Gasteiger partial charge on any atom is -0.484 e. The van der Waals surface area contributed by atoms with E-state index in [1.807, 2.05) is 47.8 Å². The first-order valence-corrected chi connectivity index (χ1v) is 12.9. The van der Waals surface area contributed by atoms with Gasteiger partial charge in [-0.25, -0.2) is 4.98 Å². The summed E-state index contributed by atoms with van der Waals surface area (Å²) in [5, 5.41) is 2.81. The molecule has 9 heteroatoms. The van der Waals surface area contributed by atoms with Gasteiger partial charge >= 0.3 is 0 Å². The van der Waals surface area contributed by atoms with Gasteiger partial charge in [-0.05, 0) is 60.6 Å². The zero-order valence-corrected chi connectivity index (χ0v) is 19.5. The number of aromatic nitrogens is 1. The van der Waals surface area contributed by atoms with Gasteiger partial charge in [-0.2, -0.15) is 0 Å². The highest BCUT2D eigenvalue weighted by Gasteiger charge is 2.24. The van der Waals surface area contributed by atoms with Crippen LogP contribution in [-0.4, -0.2) is 48.0 Å². The maximum atomic E-state index is 12.3. The number of hydrogen-bond donors (Lipinski definition) is 2. The van der Waals surface area contributed by atoms with Crippen LogP contribution in [0.4, 0.5) is 11.5 Å². The summed E-state index contributed by atoms with van der Waals surface area (Å²) in [5.74, 6) is 3.22. The number of nitrogens with two attached hydrogens (primary N) is 1. The number of carbonyl (C=O) groups is 2. The molecule has 2 aromatic rings. The van der Waals surface area contributed by atoms with Crippen LogP contribution in [0.3, 0.4) is 0 Å². The molecule has 7 nitrogen and oxygen atoms in total. The monoisotopic (exact) mass is 472 g/mol. The summed E-state index contributed by atoms with van der Waals surface area (Å²) in [4.78, 5) is 30.2. The number of nitrogens with zero attached hydrogens (tertiary/aromatic N) is 2. The number of nitrogens with one attached hydrogen (secondary N) is 1. The van der Waals surface area contributed by atoms with Crippen molar-refractivity contribution >= 4 is 46.8 Å². The van der Waals surface area contributed by atoms with E-state index in [1.165, 1.54) is 23.5 Å². The Kier molecular flexibility index (Phi) is 7.81. The SMILES string of the molecule is NC(=O)C1CCCN(c2ccc(NC(=O)COc3ccc(C4SCCCS4)cc3)cn2)C1. The molecule has 3 heterocycles. The molecular weight excluding hydrogens is 444 g/mol. The fourth-order valence-electron chi connectivity index (χ4n) is 3.81. The summed E-state index contributed by atoms with van der Waals surface area (Å²) in [6.07, 6.45) is 4.62. The fraction of sp³-hybridized carbons (Fsp3) is 0.435. The average Bonchev–Trinajstić information content (AvgIpc) is 2.84. The molecule has 1 aromatic carbocycles. The van der Waals surface area contributed by atoms with Crippen LogP contribution in [0.15, 0.2) is 42.6 Å². The molecule has 2 aliphatic heterocycles. The molecule has 3 N–H and O–H groups in total. The van der Waals surface area contributed by atoms with Crippen LogP contribution in [0, 0.1) is 5.92 Å². The van der Waals surface area contributed by atoms with Crippen molar-refractivity contribution in [2.45, 2.75) is 23.8 Å². The molecule has 0 aliphatic carbocycles. The summed E-state index contributed by atoms with van der Waals surface area (Å²) in [6, 6.07) is 11.7. The topological polar surface area (TPSA) is 97.6 Å². The van der Waals surface area contributed by atoms with Crippen molar-refractivity contribution in [2.24, 2.45) is 11.7 Å². The van der Waals surface area contributed by atoms with E-state index >= 15 is 0 Å². The molecular formula is C23H28N4O3S2. The van der Waals surface area contributed by atoms with Gasteiger partial charge in [0.2, 0.25) is 5.91 Å². The number of primary amides is 1. The lowest BCUT2D eigenvalue weighted by Gasteiger charge is -2.32. The quantitative estimate of drug-likeness (QED) is 0.634. The van der Waals surface area contributed by atoms with Gasteiger partial charge in [0.05, 0.1) is 22.4 Å². The molecule has 2 fully saturated rings. The molecule has 32 heavy (non-hydrogen) atoms. The van der Waals surface area contributed by atoms with Crippen LogP contribution in [0.5, 0.6) is 5.75 Å². The van der Waals surface area contributed by atoms with E-state index in [1.54, 1.807) is 6.20 Å². The Balaban J connectivity index is 1.25.